The van der Waals surface area contributed by atoms with Gasteiger partial charge in [0.15, 0.2) is 6.10 Å². The summed E-state index contributed by atoms with van der Waals surface area (Å²) in [4.78, 5) is 10.5. The molecular formula is C9H12FN3O2. The fourth-order valence-electron chi connectivity index (χ4n) is 1.12. The van der Waals surface area contributed by atoms with Gasteiger partial charge in [-0.2, -0.15) is 0 Å². The second-order valence-electron chi connectivity index (χ2n) is 2.85. The zero-order chi connectivity index (χ0) is 11.3. The molecule has 1 unspecified atom stereocenters. The molecule has 1 rings (SSSR count). The van der Waals surface area contributed by atoms with Crippen LogP contribution in [0.4, 0.5) is 14.9 Å². The van der Waals surface area contributed by atoms with E-state index in [2.05, 4.69) is 10.2 Å². The summed E-state index contributed by atoms with van der Waals surface area (Å²) in [6.07, 6.45) is -1.96. The molecule has 0 saturated heterocycles. The fraction of sp³-hybridized carbons (Fsp3) is 0.222. The van der Waals surface area contributed by atoms with Gasteiger partial charge in [0.2, 0.25) is 0 Å². The first-order valence-electron chi connectivity index (χ1n) is 4.26. The second-order valence-corrected chi connectivity index (χ2v) is 2.85. The van der Waals surface area contributed by atoms with E-state index in [0.717, 1.165) is 0 Å². The van der Waals surface area contributed by atoms with Crippen LogP contribution in [0.25, 0.3) is 0 Å². The Labute approximate surface area is 86.2 Å². The molecule has 0 aromatic heterocycles. The SMILES string of the molecule is NNc1ccc(C(CF)OC(N)=O)cc1. The van der Waals surface area contributed by atoms with Crippen LogP contribution in [-0.2, 0) is 4.74 Å². The Morgan fingerprint density at radius 2 is 2.07 bits per heavy atom. The Bertz CT molecular complexity index is 329. The van der Waals surface area contributed by atoms with Crippen molar-refractivity contribution >= 4 is 11.8 Å². The van der Waals surface area contributed by atoms with Crippen LogP contribution in [0.5, 0.6) is 0 Å². The van der Waals surface area contributed by atoms with Crippen molar-refractivity contribution in [3.8, 4) is 0 Å². The molecule has 0 radical (unpaired) electrons. The van der Waals surface area contributed by atoms with Gasteiger partial charge in [0.1, 0.15) is 6.67 Å². The van der Waals surface area contributed by atoms with Gasteiger partial charge in [-0.1, -0.05) is 12.1 Å². The quantitative estimate of drug-likeness (QED) is 0.515. The van der Waals surface area contributed by atoms with E-state index in [1.165, 1.54) is 0 Å². The summed E-state index contributed by atoms with van der Waals surface area (Å²) < 4.78 is 17.1. The normalized spacial score (nSPS) is 11.9. The molecule has 82 valence electrons. The van der Waals surface area contributed by atoms with Crippen LogP contribution in [0.2, 0.25) is 0 Å². The molecule has 5 nitrogen and oxygen atoms in total. The van der Waals surface area contributed by atoms with Crippen LogP contribution in [0.3, 0.4) is 0 Å². The van der Waals surface area contributed by atoms with Crippen molar-refractivity contribution in [1.82, 2.24) is 0 Å². The number of benzene rings is 1. The van der Waals surface area contributed by atoms with Crippen molar-refractivity contribution in [2.75, 3.05) is 12.1 Å². The number of nitrogens with one attached hydrogen (secondary N) is 1. The maximum Gasteiger partial charge on any atom is 0.405 e. The molecule has 5 N–H and O–H groups in total. The molecule has 1 atom stereocenters. The average Bonchev–Trinajstić information content (AvgIpc) is 2.26. The first-order valence-corrected chi connectivity index (χ1v) is 4.26. The molecule has 0 bridgehead atoms. The third kappa shape index (κ3) is 3.10. The number of carbonyl (C=O) groups excluding carboxylic acids is 1. The summed E-state index contributed by atoms with van der Waals surface area (Å²) in [6.45, 7) is -0.821. The minimum atomic E-state index is -1.00. The minimum absolute atomic E-state index is 0.523. The molecule has 0 aliphatic rings. The molecule has 1 aromatic carbocycles. The molecular weight excluding hydrogens is 201 g/mol. The molecule has 0 saturated carbocycles. The maximum absolute atomic E-state index is 12.5. The predicted octanol–water partition coefficient (Wildman–Crippen LogP) is 1.08. The fourth-order valence-corrected chi connectivity index (χ4v) is 1.12. The van der Waals surface area contributed by atoms with Crippen LogP contribution in [0, 0.1) is 0 Å². The second kappa shape index (κ2) is 5.16. The first-order chi connectivity index (χ1) is 7.17. The largest absolute Gasteiger partial charge is 0.439 e. The highest BCUT2D eigenvalue weighted by Crippen LogP contribution is 2.19. The Morgan fingerprint density at radius 3 is 2.47 bits per heavy atom. The molecule has 0 aliphatic carbocycles. The highest BCUT2D eigenvalue weighted by Gasteiger charge is 2.14. The van der Waals surface area contributed by atoms with Crippen molar-refractivity contribution in [1.29, 1.82) is 0 Å². The van der Waals surface area contributed by atoms with Gasteiger partial charge < -0.3 is 15.9 Å². The molecule has 0 fully saturated rings. The van der Waals surface area contributed by atoms with Crippen molar-refractivity contribution < 1.29 is 13.9 Å². The predicted molar refractivity (Wildman–Crippen MR) is 53.6 cm³/mol. The lowest BCUT2D eigenvalue weighted by Gasteiger charge is -2.13. The third-order valence-corrected chi connectivity index (χ3v) is 1.85. The Kier molecular flexibility index (Phi) is 3.87. The monoisotopic (exact) mass is 213 g/mol. The number of halogens is 1. The van der Waals surface area contributed by atoms with Crippen molar-refractivity contribution in [3.05, 3.63) is 29.8 Å². The molecule has 1 amide bonds. The molecule has 1 aromatic rings. The maximum atomic E-state index is 12.5. The number of carbonyl (C=O) groups is 1. The standard InChI is InChI=1S/C9H12FN3O2/c10-5-8(15-9(11)14)6-1-3-7(13-12)4-2-6/h1-4,8,13H,5,12H2,(H2,11,14). The van der Waals surface area contributed by atoms with E-state index >= 15 is 0 Å². The molecule has 0 heterocycles. The minimum Gasteiger partial charge on any atom is -0.439 e. The number of primary amides is 1. The van der Waals surface area contributed by atoms with Gasteiger partial charge in [0.25, 0.3) is 0 Å². The van der Waals surface area contributed by atoms with E-state index in [0.29, 0.717) is 11.3 Å². The number of hydrogen-bond acceptors (Lipinski definition) is 4. The zero-order valence-corrected chi connectivity index (χ0v) is 7.94. The van der Waals surface area contributed by atoms with Gasteiger partial charge in [0.05, 0.1) is 0 Å². The van der Waals surface area contributed by atoms with E-state index in [4.69, 9.17) is 11.6 Å². The van der Waals surface area contributed by atoms with Gasteiger partial charge in [-0.3, -0.25) is 5.84 Å². The lowest BCUT2D eigenvalue weighted by Crippen LogP contribution is -2.18. The van der Waals surface area contributed by atoms with E-state index in [9.17, 15) is 9.18 Å². The Morgan fingerprint density at radius 1 is 1.47 bits per heavy atom. The lowest BCUT2D eigenvalue weighted by atomic mass is 10.1. The van der Waals surface area contributed by atoms with Crippen LogP contribution in [-0.4, -0.2) is 12.8 Å². The van der Waals surface area contributed by atoms with E-state index < -0.39 is 18.9 Å². The number of hydrazine groups is 1. The van der Waals surface area contributed by atoms with Crippen LogP contribution in [0.1, 0.15) is 11.7 Å². The molecule has 0 aliphatic heterocycles. The van der Waals surface area contributed by atoms with Gasteiger partial charge in [-0.05, 0) is 17.7 Å². The smallest absolute Gasteiger partial charge is 0.405 e. The zero-order valence-electron chi connectivity index (χ0n) is 7.94. The van der Waals surface area contributed by atoms with Crippen molar-refractivity contribution in [3.63, 3.8) is 0 Å². The lowest BCUT2D eigenvalue weighted by molar-refractivity contribution is 0.0892. The number of hydrogen-bond donors (Lipinski definition) is 3. The van der Waals surface area contributed by atoms with E-state index in [1.807, 2.05) is 0 Å². The third-order valence-electron chi connectivity index (χ3n) is 1.85. The van der Waals surface area contributed by atoms with Crippen LogP contribution in [0.15, 0.2) is 24.3 Å². The Balaban J connectivity index is 2.78. The van der Waals surface area contributed by atoms with E-state index in [1.54, 1.807) is 24.3 Å². The topological polar surface area (TPSA) is 90.4 Å². The summed E-state index contributed by atoms with van der Waals surface area (Å²) >= 11 is 0. The molecule has 0 spiro atoms. The average molecular weight is 213 g/mol. The number of nitrogen functional groups attached to an aromatic ring is 1. The Hall–Kier alpha value is -1.82. The van der Waals surface area contributed by atoms with Gasteiger partial charge >= 0.3 is 6.09 Å². The number of ether oxygens (including phenoxy) is 1. The number of amides is 1. The first kappa shape index (κ1) is 11.3. The summed E-state index contributed by atoms with van der Waals surface area (Å²) in [5.41, 5.74) is 8.43. The van der Waals surface area contributed by atoms with Gasteiger partial charge in [-0.15, -0.1) is 0 Å². The van der Waals surface area contributed by atoms with Crippen molar-refractivity contribution in [2.45, 2.75) is 6.10 Å². The number of alkyl halides is 1. The van der Waals surface area contributed by atoms with Crippen molar-refractivity contribution in [2.24, 2.45) is 11.6 Å². The number of nitrogens with two attached hydrogens (primary N) is 2. The van der Waals surface area contributed by atoms with E-state index in [-0.39, 0.29) is 0 Å². The number of rotatable bonds is 4. The summed E-state index contributed by atoms with van der Waals surface area (Å²) in [5.74, 6) is 5.16. The van der Waals surface area contributed by atoms with Crippen LogP contribution < -0.4 is 17.0 Å². The molecule has 15 heavy (non-hydrogen) atoms. The van der Waals surface area contributed by atoms with Gasteiger partial charge in [0, 0.05) is 5.69 Å². The molecule has 6 heteroatoms. The highest BCUT2D eigenvalue weighted by atomic mass is 19.1. The summed E-state index contributed by atoms with van der Waals surface area (Å²) in [6, 6.07) is 6.48. The highest BCUT2D eigenvalue weighted by molar-refractivity contribution is 5.65. The van der Waals surface area contributed by atoms with Crippen LogP contribution >= 0.6 is 0 Å². The summed E-state index contributed by atoms with van der Waals surface area (Å²) in [7, 11) is 0. The number of anilines is 1. The van der Waals surface area contributed by atoms with Gasteiger partial charge in [-0.25, -0.2) is 9.18 Å². The summed E-state index contributed by atoms with van der Waals surface area (Å²) in [5, 5.41) is 0.